The Kier molecular flexibility index (Phi) is 2.41. The maximum absolute atomic E-state index is 11.2. The van der Waals surface area contributed by atoms with E-state index in [0.29, 0.717) is 18.4 Å². The monoisotopic (exact) mass is 205 g/mol. The zero-order valence-corrected chi connectivity index (χ0v) is 8.40. The van der Waals surface area contributed by atoms with E-state index < -0.39 is 0 Å². The second kappa shape index (κ2) is 3.73. The topological polar surface area (TPSA) is 52.2 Å². The minimum Gasteiger partial charge on any atom is -0.408 e. The average molecular weight is 205 g/mol. The van der Waals surface area contributed by atoms with Crippen molar-refractivity contribution in [2.24, 2.45) is 7.05 Å². The van der Waals surface area contributed by atoms with Gasteiger partial charge in [0.05, 0.1) is 5.52 Å². The third kappa shape index (κ3) is 1.70. The highest BCUT2D eigenvalue weighted by molar-refractivity contribution is 5.73. The van der Waals surface area contributed by atoms with Gasteiger partial charge in [0, 0.05) is 13.5 Å². The first-order valence-corrected chi connectivity index (χ1v) is 4.74. The number of aryl methyl sites for hydroxylation is 2. The molecule has 4 heteroatoms. The molecule has 0 radical (unpaired) electrons. The number of fused-ring (bicyclic) bond motifs is 1. The average Bonchev–Trinajstić information content (AvgIpc) is 2.52. The molecule has 2 rings (SSSR count). The Bertz CT molecular complexity index is 550. The zero-order valence-electron chi connectivity index (χ0n) is 8.40. The van der Waals surface area contributed by atoms with Crippen LogP contribution in [0, 0.1) is 0 Å². The van der Waals surface area contributed by atoms with Crippen molar-refractivity contribution in [3.8, 4) is 0 Å². The molecule has 0 aliphatic heterocycles. The number of hydrogen-bond acceptors (Lipinski definition) is 3. The highest BCUT2D eigenvalue weighted by Crippen LogP contribution is 2.14. The predicted molar refractivity (Wildman–Crippen MR) is 55.8 cm³/mol. The van der Waals surface area contributed by atoms with E-state index in [2.05, 4.69) is 0 Å². The molecule has 2 aromatic rings. The molecule has 0 N–H and O–H groups in total. The highest BCUT2D eigenvalue weighted by atomic mass is 16.4. The van der Waals surface area contributed by atoms with Crippen molar-refractivity contribution in [3.63, 3.8) is 0 Å². The summed E-state index contributed by atoms with van der Waals surface area (Å²) >= 11 is 0. The lowest BCUT2D eigenvalue weighted by Gasteiger charge is -1.97. The molecular weight excluding hydrogens is 194 g/mol. The molecule has 0 bridgehead atoms. The molecule has 0 fully saturated rings. The minimum absolute atomic E-state index is 0.363. The van der Waals surface area contributed by atoms with Gasteiger partial charge in [-0.15, -0.1) is 0 Å². The molecule has 78 valence electrons. The summed E-state index contributed by atoms with van der Waals surface area (Å²) < 4.78 is 6.45. The summed E-state index contributed by atoms with van der Waals surface area (Å²) in [6.45, 7) is 0. The van der Waals surface area contributed by atoms with Crippen LogP contribution in [0.1, 0.15) is 12.0 Å². The lowest BCUT2D eigenvalue weighted by molar-refractivity contribution is -0.107. The van der Waals surface area contributed by atoms with Gasteiger partial charge in [-0.3, -0.25) is 4.57 Å². The Morgan fingerprint density at radius 2 is 2.27 bits per heavy atom. The van der Waals surface area contributed by atoms with Gasteiger partial charge in [0.1, 0.15) is 6.29 Å². The smallest absolute Gasteiger partial charge is 0.408 e. The Hall–Kier alpha value is -1.84. The van der Waals surface area contributed by atoms with Crippen LogP contribution in [0.25, 0.3) is 11.1 Å². The third-order valence-electron chi connectivity index (χ3n) is 2.41. The third-order valence-corrected chi connectivity index (χ3v) is 2.41. The Labute approximate surface area is 86.1 Å². The number of nitrogens with zero attached hydrogens (tertiary/aromatic N) is 1. The molecule has 0 atom stereocenters. The molecule has 1 aromatic carbocycles. The van der Waals surface area contributed by atoms with Crippen molar-refractivity contribution in [3.05, 3.63) is 34.3 Å². The first-order valence-electron chi connectivity index (χ1n) is 4.74. The van der Waals surface area contributed by atoms with Crippen LogP contribution in [-0.4, -0.2) is 10.9 Å². The largest absolute Gasteiger partial charge is 0.419 e. The maximum Gasteiger partial charge on any atom is 0.419 e. The SMILES string of the molecule is Cn1c(=O)oc2ccc(CCC=O)cc21. The number of carbonyl (C=O) groups is 1. The van der Waals surface area contributed by atoms with Crippen molar-refractivity contribution in [2.75, 3.05) is 0 Å². The summed E-state index contributed by atoms with van der Waals surface area (Å²) in [7, 11) is 1.66. The number of hydrogen-bond donors (Lipinski definition) is 0. The molecule has 15 heavy (non-hydrogen) atoms. The lowest BCUT2D eigenvalue weighted by atomic mass is 10.1. The molecule has 1 aromatic heterocycles. The lowest BCUT2D eigenvalue weighted by Crippen LogP contribution is -2.08. The summed E-state index contributed by atoms with van der Waals surface area (Å²) in [4.78, 5) is 21.4. The first-order chi connectivity index (χ1) is 7.22. The minimum atomic E-state index is -0.363. The fraction of sp³-hybridized carbons (Fsp3) is 0.273. The highest BCUT2D eigenvalue weighted by Gasteiger charge is 2.05. The van der Waals surface area contributed by atoms with Crippen molar-refractivity contribution < 1.29 is 9.21 Å². The number of rotatable bonds is 3. The van der Waals surface area contributed by atoms with E-state index in [4.69, 9.17) is 4.42 Å². The Morgan fingerprint density at radius 3 is 3.00 bits per heavy atom. The second-order valence-corrected chi connectivity index (χ2v) is 3.43. The second-order valence-electron chi connectivity index (χ2n) is 3.43. The molecule has 0 spiro atoms. The van der Waals surface area contributed by atoms with Crippen LogP contribution in [0.3, 0.4) is 0 Å². The standard InChI is InChI=1S/C11H11NO3/c1-12-9-7-8(3-2-6-13)4-5-10(9)15-11(12)14/h4-7H,2-3H2,1H3. The van der Waals surface area contributed by atoms with E-state index in [1.54, 1.807) is 13.1 Å². The molecule has 0 saturated carbocycles. The summed E-state index contributed by atoms with van der Waals surface area (Å²) in [5.41, 5.74) is 2.38. The molecule has 0 saturated heterocycles. The van der Waals surface area contributed by atoms with Crippen LogP contribution in [0.5, 0.6) is 0 Å². The molecule has 1 heterocycles. The van der Waals surface area contributed by atoms with E-state index in [9.17, 15) is 9.59 Å². The van der Waals surface area contributed by atoms with E-state index in [-0.39, 0.29) is 5.76 Å². The number of aldehydes is 1. The molecular formula is C11H11NO3. The number of benzene rings is 1. The van der Waals surface area contributed by atoms with Gasteiger partial charge in [0.2, 0.25) is 0 Å². The van der Waals surface area contributed by atoms with Gasteiger partial charge in [0.25, 0.3) is 0 Å². The van der Waals surface area contributed by atoms with Gasteiger partial charge in [-0.25, -0.2) is 4.79 Å². The zero-order chi connectivity index (χ0) is 10.8. The van der Waals surface area contributed by atoms with E-state index >= 15 is 0 Å². The molecule has 0 aliphatic carbocycles. The van der Waals surface area contributed by atoms with E-state index in [1.807, 2.05) is 12.1 Å². The molecule has 0 aliphatic rings. The first kappa shape index (κ1) is 9.71. The van der Waals surface area contributed by atoms with Gasteiger partial charge in [0.15, 0.2) is 5.58 Å². The molecule has 4 nitrogen and oxygen atoms in total. The van der Waals surface area contributed by atoms with Gasteiger partial charge >= 0.3 is 5.76 Å². The van der Waals surface area contributed by atoms with Crippen molar-refractivity contribution in [1.29, 1.82) is 0 Å². The summed E-state index contributed by atoms with van der Waals surface area (Å²) in [5, 5.41) is 0. The Morgan fingerprint density at radius 1 is 1.47 bits per heavy atom. The van der Waals surface area contributed by atoms with Crippen LogP contribution < -0.4 is 5.76 Å². The quantitative estimate of drug-likeness (QED) is 0.709. The summed E-state index contributed by atoms with van der Waals surface area (Å²) in [6.07, 6.45) is 2.08. The molecule has 0 unspecified atom stereocenters. The van der Waals surface area contributed by atoms with Crippen LogP contribution in [0.2, 0.25) is 0 Å². The maximum atomic E-state index is 11.2. The Balaban J connectivity index is 2.49. The fourth-order valence-corrected chi connectivity index (χ4v) is 1.55. The van der Waals surface area contributed by atoms with Crippen LogP contribution >= 0.6 is 0 Å². The summed E-state index contributed by atoms with van der Waals surface area (Å²) in [5.74, 6) is -0.363. The van der Waals surface area contributed by atoms with Crippen LogP contribution in [0.15, 0.2) is 27.4 Å². The normalized spacial score (nSPS) is 10.7. The van der Waals surface area contributed by atoms with E-state index in [1.165, 1.54) is 4.57 Å². The van der Waals surface area contributed by atoms with Gasteiger partial charge in [-0.05, 0) is 24.1 Å². The summed E-state index contributed by atoms with van der Waals surface area (Å²) in [6, 6.07) is 5.51. The van der Waals surface area contributed by atoms with Gasteiger partial charge < -0.3 is 9.21 Å². The number of oxazole rings is 1. The van der Waals surface area contributed by atoms with Gasteiger partial charge in [-0.1, -0.05) is 6.07 Å². The van der Waals surface area contributed by atoms with Crippen molar-refractivity contribution in [1.82, 2.24) is 4.57 Å². The molecule has 0 amide bonds. The van der Waals surface area contributed by atoms with E-state index in [0.717, 1.165) is 17.4 Å². The predicted octanol–water partition coefficient (Wildman–Crippen LogP) is 1.26. The van der Waals surface area contributed by atoms with Crippen LogP contribution in [0.4, 0.5) is 0 Å². The van der Waals surface area contributed by atoms with Crippen LogP contribution in [-0.2, 0) is 18.3 Å². The van der Waals surface area contributed by atoms with Crippen molar-refractivity contribution >= 4 is 17.4 Å². The van der Waals surface area contributed by atoms with Crippen molar-refractivity contribution in [2.45, 2.75) is 12.8 Å². The number of carbonyl (C=O) groups excluding carboxylic acids is 1. The van der Waals surface area contributed by atoms with Gasteiger partial charge in [-0.2, -0.15) is 0 Å². The fourth-order valence-electron chi connectivity index (χ4n) is 1.55. The number of aromatic nitrogens is 1.